The summed E-state index contributed by atoms with van der Waals surface area (Å²) in [5.41, 5.74) is 7.42. The number of ether oxygens (including phenoxy) is 1. The summed E-state index contributed by atoms with van der Waals surface area (Å²) in [6.07, 6.45) is -3.01. The van der Waals surface area contributed by atoms with Crippen LogP contribution >= 0.6 is 0 Å². The Balaban J connectivity index is 0.000000505. The number of amides is 1. The first kappa shape index (κ1) is 29.5. The number of sulfonamides is 1. The number of hydrogen-bond acceptors (Lipinski definition) is 7. The van der Waals surface area contributed by atoms with Gasteiger partial charge in [-0.2, -0.15) is 17.5 Å². The number of alkyl halides is 3. The van der Waals surface area contributed by atoms with Crippen molar-refractivity contribution in [2.24, 2.45) is 11.7 Å². The molecule has 0 bridgehead atoms. The summed E-state index contributed by atoms with van der Waals surface area (Å²) in [7, 11) is -3.86. The molecule has 2 unspecified atom stereocenters. The minimum atomic E-state index is -5.08. The Morgan fingerprint density at radius 1 is 1.11 bits per heavy atom. The lowest BCUT2D eigenvalue weighted by molar-refractivity contribution is -0.192. The molecule has 0 radical (unpaired) electrons. The van der Waals surface area contributed by atoms with Gasteiger partial charge < -0.3 is 20.5 Å². The second-order valence-electron chi connectivity index (χ2n) is 8.81. The van der Waals surface area contributed by atoms with Gasteiger partial charge in [-0.25, -0.2) is 18.2 Å². The van der Waals surface area contributed by atoms with Gasteiger partial charge in [-0.15, -0.1) is 0 Å². The molecule has 2 fully saturated rings. The maximum absolute atomic E-state index is 13.5. The topological polar surface area (TPSA) is 143 Å². The smallest absolute Gasteiger partial charge is 0.475 e. The number of nitrogens with two attached hydrogens (primary N) is 1. The van der Waals surface area contributed by atoms with Crippen LogP contribution in [0.4, 0.5) is 13.2 Å². The van der Waals surface area contributed by atoms with E-state index in [1.165, 1.54) is 16.6 Å². The Morgan fingerprint density at radius 3 is 2.32 bits per heavy atom. The van der Waals surface area contributed by atoms with Gasteiger partial charge in [-0.05, 0) is 35.6 Å². The average Bonchev–Trinajstić information content (AvgIpc) is 2.93. The van der Waals surface area contributed by atoms with E-state index in [0.29, 0.717) is 44.8 Å². The van der Waals surface area contributed by atoms with Crippen LogP contribution < -0.4 is 5.73 Å². The number of carbonyl (C=O) groups is 2. The fraction of sp³-hybridized carbons (Fsp3) is 0.458. The van der Waals surface area contributed by atoms with Gasteiger partial charge >= 0.3 is 12.1 Å². The van der Waals surface area contributed by atoms with Crippen LogP contribution in [-0.2, 0) is 30.9 Å². The largest absolute Gasteiger partial charge is 0.490 e. The number of rotatable bonds is 5. The highest BCUT2D eigenvalue weighted by Gasteiger charge is 2.40. The van der Waals surface area contributed by atoms with Crippen molar-refractivity contribution < 1.29 is 41.0 Å². The van der Waals surface area contributed by atoms with Crippen molar-refractivity contribution in [3.05, 3.63) is 59.8 Å². The molecule has 2 saturated heterocycles. The van der Waals surface area contributed by atoms with Crippen LogP contribution in [0.5, 0.6) is 0 Å². The van der Waals surface area contributed by atoms with E-state index < -0.39 is 28.1 Å². The van der Waals surface area contributed by atoms with Gasteiger partial charge in [0.25, 0.3) is 10.0 Å². The van der Waals surface area contributed by atoms with E-state index in [4.69, 9.17) is 20.4 Å². The molecule has 2 aliphatic rings. The lowest BCUT2D eigenvalue weighted by Crippen LogP contribution is -2.51. The minimum Gasteiger partial charge on any atom is -0.475 e. The first-order valence-electron chi connectivity index (χ1n) is 11.8. The summed E-state index contributed by atoms with van der Waals surface area (Å²) in [6.45, 7) is 2.80. The zero-order valence-corrected chi connectivity index (χ0v) is 21.2. The summed E-state index contributed by atoms with van der Waals surface area (Å²) in [5.74, 6) is -3.25. The number of pyridine rings is 1. The Bertz CT molecular complexity index is 1210. The number of morpholine rings is 1. The van der Waals surface area contributed by atoms with Crippen molar-refractivity contribution in [2.75, 3.05) is 39.4 Å². The molecule has 2 atom stereocenters. The van der Waals surface area contributed by atoms with Crippen LogP contribution in [0, 0.1) is 5.92 Å². The molecule has 38 heavy (non-hydrogen) atoms. The molecule has 4 rings (SSSR count). The van der Waals surface area contributed by atoms with Gasteiger partial charge in [0.15, 0.2) is 5.03 Å². The van der Waals surface area contributed by atoms with Crippen LogP contribution in [0.25, 0.3) is 0 Å². The van der Waals surface area contributed by atoms with Gasteiger partial charge in [-0.3, -0.25) is 4.79 Å². The normalized spacial score (nSPS) is 20.8. The van der Waals surface area contributed by atoms with Crippen molar-refractivity contribution in [1.29, 1.82) is 0 Å². The molecule has 3 N–H and O–H groups in total. The molecule has 1 amide bonds. The number of hydrogen-bond donors (Lipinski definition) is 2. The van der Waals surface area contributed by atoms with Gasteiger partial charge in [-0.1, -0.05) is 30.3 Å². The van der Waals surface area contributed by atoms with Crippen LogP contribution in [-0.4, -0.2) is 85.2 Å². The first-order chi connectivity index (χ1) is 17.9. The van der Waals surface area contributed by atoms with E-state index in [-0.39, 0.29) is 29.9 Å². The lowest BCUT2D eigenvalue weighted by atomic mass is 9.85. The van der Waals surface area contributed by atoms with E-state index >= 15 is 0 Å². The van der Waals surface area contributed by atoms with Crippen molar-refractivity contribution in [1.82, 2.24) is 14.2 Å². The highest BCUT2D eigenvalue weighted by atomic mass is 32.2. The molecule has 1 aromatic heterocycles. The number of halogens is 3. The molecule has 14 heteroatoms. The summed E-state index contributed by atoms with van der Waals surface area (Å²) in [6, 6.07) is 13.0. The number of benzene rings is 1. The monoisotopic (exact) mass is 558 g/mol. The number of carboxylic acids is 1. The maximum atomic E-state index is 13.5. The zero-order valence-electron chi connectivity index (χ0n) is 20.4. The summed E-state index contributed by atoms with van der Waals surface area (Å²) >= 11 is 0. The molecule has 208 valence electrons. The Kier molecular flexibility index (Phi) is 9.82. The van der Waals surface area contributed by atoms with E-state index in [2.05, 4.69) is 4.98 Å². The summed E-state index contributed by atoms with van der Waals surface area (Å²) in [5, 5.41) is 7.10. The Hall–Kier alpha value is -3.07. The number of piperidine rings is 1. The van der Waals surface area contributed by atoms with E-state index in [1.807, 2.05) is 30.3 Å². The van der Waals surface area contributed by atoms with Crippen LogP contribution in [0.3, 0.4) is 0 Å². The van der Waals surface area contributed by atoms with Crippen LogP contribution in [0.15, 0.2) is 53.7 Å². The number of nitrogens with zero attached hydrogens (tertiary/aromatic N) is 3. The second-order valence-corrected chi connectivity index (χ2v) is 10.7. The SMILES string of the molecule is NCc1ccnc(S(=O)(=O)N2CC(C(=O)N3CCOCC3)CC(c3ccccc3)C2)c1.O=C(O)C(F)(F)F. The predicted molar refractivity (Wildman–Crippen MR) is 129 cm³/mol. The maximum Gasteiger partial charge on any atom is 0.490 e. The van der Waals surface area contributed by atoms with Crippen LogP contribution in [0.2, 0.25) is 0 Å². The first-order valence-corrected chi connectivity index (χ1v) is 13.2. The fourth-order valence-corrected chi connectivity index (χ4v) is 5.80. The van der Waals surface area contributed by atoms with Crippen molar-refractivity contribution >= 4 is 21.9 Å². The molecule has 0 saturated carbocycles. The predicted octanol–water partition coefficient (Wildman–Crippen LogP) is 1.83. The Morgan fingerprint density at radius 2 is 1.74 bits per heavy atom. The van der Waals surface area contributed by atoms with Gasteiger partial charge in [0.1, 0.15) is 0 Å². The number of carbonyl (C=O) groups excluding carboxylic acids is 1. The Labute approximate surface area is 218 Å². The third-order valence-electron chi connectivity index (χ3n) is 6.24. The minimum absolute atomic E-state index is 0.00667. The molecule has 2 aliphatic heterocycles. The molecule has 10 nitrogen and oxygen atoms in total. The third-order valence-corrected chi connectivity index (χ3v) is 7.97. The number of carboxylic acid groups (broad SMARTS) is 1. The van der Waals surface area contributed by atoms with Crippen molar-refractivity contribution in [3.63, 3.8) is 0 Å². The third kappa shape index (κ3) is 7.49. The standard InChI is InChI=1S/C22H28N4O4S.C2HF3O2/c23-14-17-6-7-24-21(12-17)31(28,29)26-15-19(18-4-2-1-3-5-18)13-20(16-26)22(27)25-8-10-30-11-9-25;3-2(4,5)1(6)7/h1-7,12,19-20H,8-11,13-16,23H2;(H,6,7). The number of aliphatic carboxylic acids is 1. The molecule has 3 heterocycles. The van der Waals surface area contributed by atoms with Crippen LogP contribution in [0.1, 0.15) is 23.5 Å². The zero-order chi connectivity index (χ0) is 27.9. The molecular weight excluding hydrogens is 529 g/mol. The van der Waals surface area contributed by atoms with Crippen molar-refractivity contribution in [3.8, 4) is 0 Å². The average molecular weight is 559 g/mol. The van der Waals surface area contributed by atoms with Gasteiger partial charge in [0, 0.05) is 38.9 Å². The fourth-order valence-electron chi connectivity index (χ4n) is 4.29. The molecule has 0 spiro atoms. The van der Waals surface area contributed by atoms with E-state index in [1.54, 1.807) is 11.0 Å². The number of aromatic nitrogens is 1. The highest BCUT2D eigenvalue weighted by Crippen LogP contribution is 2.34. The van der Waals surface area contributed by atoms with E-state index in [9.17, 15) is 26.4 Å². The van der Waals surface area contributed by atoms with E-state index in [0.717, 1.165) is 5.56 Å². The lowest BCUT2D eigenvalue weighted by Gasteiger charge is -2.39. The molecule has 0 aliphatic carbocycles. The molecule has 2 aromatic rings. The highest BCUT2D eigenvalue weighted by molar-refractivity contribution is 7.89. The molecule has 1 aromatic carbocycles. The van der Waals surface area contributed by atoms with Gasteiger partial charge in [0.2, 0.25) is 5.91 Å². The summed E-state index contributed by atoms with van der Waals surface area (Å²) in [4.78, 5) is 28.0. The quantitative estimate of drug-likeness (QED) is 0.566. The second kappa shape index (κ2) is 12.7. The summed E-state index contributed by atoms with van der Waals surface area (Å²) < 4.78 is 65.4. The van der Waals surface area contributed by atoms with Gasteiger partial charge in [0.05, 0.1) is 19.1 Å². The molecular formula is C24H29F3N4O6S. The van der Waals surface area contributed by atoms with Crippen molar-refractivity contribution in [2.45, 2.75) is 30.1 Å².